The first-order valence-electron chi connectivity index (χ1n) is 9.54. The van der Waals surface area contributed by atoms with E-state index in [2.05, 4.69) is 48.2 Å². The molecule has 1 aromatic carbocycles. The number of benzene rings is 1. The molecule has 2 aromatic rings. The van der Waals surface area contributed by atoms with E-state index in [0.717, 1.165) is 23.9 Å². The first-order valence-corrected chi connectivity index (χ1v) is 10.4. The van der Waals surface area contributed by atoms with Crippen LogP contribution in [0.5, 0.6) is 17.2 Å². The number of amides is 2. The number of phenols is 2. The molecule has 10 heteroatoms. The number of aromatic hydroxyl groups is 2. The SMILES string of the molecule is COc1cc(C(=O)Nc2nc(C(=O)NCCN(C(C)C)C(C)C)cs2)c(O)cc1O. The van der Waals surface area contributed by atoms with Crippen LogP contribution < -0.4 is 15.4 Å². The number of nitrogens with one attached hydrogen (secondary N) is 2. The number of hydrogen-bond donors (Lipinski definition) is 4. The van der Waals surface area contributed by atoms with Crippen molar-refractivity contribution in [2.75, 3.05) is 25.5 Å². The number of anilines is 1. The van der Waals surface area contributed by atoms with Crippen molar-refractivity contribution >= 4 is 28.3 Å². The molecule has 0 fully saturated rings. The smallest absolute Gasteiger partial charge is 0.270 e. The van der Waals surface area contributed by atoms with Gasteiger partial charge in [0.1, 0.15) is 11.4 Å². The summed E-state index contributed by atoms with van der Waals surface area (Å²) in [5, 5.41) is 26.7. The number of carbonyl (C=O) groups is 2. The van der Waals surface area contributed by atoms with Gasteiger partial charge < -0.3 is 20.3 Å². The van der Waals surface area contributed by atoms with Gasteiger partial charge in [-0.25, -0.2) is 4.98 Å². The molecule has 0 aliphatic heterocycles. The maximum absolute atomic E-state index is 12.4. The van der Waals surface area contributed by atoms with E-state index in [1.54, 1.807) is 5.38 Å². The van der Waals surface area contributed by atoms with Crippen molar-refractivity contribution in [2.24, 2.45) is 0 Å². The number of phenolic OH excluding ortho intramolecular Hbond substituents is 2. The van der Waals surface area contributed by atoms with Gasteiger partial charge in [0.2, 0.25) is 0 Å². The summed E-state index contributed by atoms with van der Waals surface area (Å²) in [6.45, 7) is 9.64. The molecule has 0 saturated carbocycles. The Labute approximate surface area is 179 Å². The fraction of sp³-hybridized carbons (Fsp3) is 0.450. The lowest BCUT2D eigenvalue weighted by molar-refractivity contribution is 0.0934. The largest absolute Gasteiger partial charge is 0.507 e. The molecule has 1 aromatic heterocycles. The van der Waals surface area contributed by atoms with Gasteiger partial charge in [0.15, 0.2) is 16.6 Å². The van der Waals surface area contributed by atoms with E-state index in [1.807, 2.05) is 0 Å². The molecule has 0 aliphatic rings. The van der Waals surface area contributed by atoms with Gasteiger partial charge in [0.05, 0.1) is 12.7 Å². The number of aromatic nitrogens is 1. The first kappa shape index (κ1) is 23.4. The number of carbonyl (C=O) groups excluding carboxylic acids is 2. The number of nitrogens with zero attached hydrogens (tertiary/aromatic N) is 2. The highest BCUT2D eigenvalue weighted by atomic mass is 32.1. The van der Waals surface area contributed by atoms with Crippen LogP contribution in [-0.2, 0) is 0 Å². The molecule has 30 heavy (non-hydrogen) atoms. The van der Waals surface area contributed by atoms with Gasteiger partial charge in [0, 0.05) is 42.7 Å². The molecule has 0 radical (unpaired) electrons. The molecule has 9 nitrogen and oxygen atoms in total. The summed E-state index contributed by atoms with van der Waals surface area (Å²) in [4.78, 5) is 31.1. The van der Waals surface area contributed by atoms with Crippen molar-refractivity contribution < 1.29 is 24.5 Å². The number of methoxy groups -OCH3 is 1. The third-order valence-electron chi connectivity index (χ3n) is 4.48. The predicted molar refractivity (Wildman–Crippen MR) is 116 cm³/mol. The van der Waals surface area contributed by atoms with Gasteiger partial charge in [-0.15, -0.1) is 11.3 Å². The minimum Gasteiger partial charge on any atom is -0.507 e. The minimum atomic E-state index is -0.642. The van der Waals surface area contributed by atoms with Gasteiger partial charge in [0.25, 0.3) is 11.8 Å². The molecule has 2 amide bonds. The normalized spacial score (nSPS) is 11.2. The first-order chi connectivity index (χ1) is 14.1. The second kappa shape index (κ2) is 10.3. The molecule has 1 heterocycles. The van der Waals surface area contributed by atoms with E-state index in [9.17, 15) is 19.8 Å². The molecule has 164 valence electrons. The fourth-order valence-corrected chi connectivity index (χ4v) is 3.69. The summed E-state index contributed by atoms with van der Waals surface area (Å²) in [5.41, 5.74) is 0.108. The molecular formula is C20H28N4O5S. The van der Waals surface area contributed by atoms with Crippen LogP contribution in [0.15, 0.2) is 17.5 Å². The lowest BCUT2D eigenvalue weighted by Gasteiger charge is -2.30. The minimum absolute atomic E-state index is 0.0500. The Bertz CT molecular complexity index is 889. The Balaban J connectivity index is 1.98. The van der Waals surface area contributed by atoms with E-state index in [4.69, 9.17) is 4.74 Å². The van der Waals surface area contributed by atoms with Gasteiger partial charge in [-0.1, -0.05) is 0 Å². The highest BCUT2D eigenvalue weighted by Gasteiger charge is 2.19. The lowest BCUT2D eigenvalue weighted by Crippen LogP contribution is -2.42. The lowest BCUT2D eigenvalue weighted by atomic mass is 10.1. The quantitative estimate of drug-likeness (QED) is 0.476. The summed E-state index contributed by atoms with van der Waals surface area (Å²) in [6.07, 6.45) is 0. The third kappa shape index (κ3) is 5.83. The van der Waals surface area contributed by atoms with Crippen LogP contribution in [0.3, 0.4) is 0 Å². The van der Waals surface area contributed by atoms with E-state index in [-0.39, 0.29) is 33.8 Å². The monoisotopic (exact) mass is 436 g/mol. The van der Waals surface area contributed by atoms with Gasteiger partial charge in [-0.2, -0.15) is 0 Å². The zero-order chi connectivity index (χ0) is 22.4. The van der Waals surface area contributed by atoms with E-state index >= 15 is 0 Å². The summed E-state index contributed by atoms with van der Waals surface area (Å²) < 4.78 is 4.95. The van der Waals surface area contributed by atoms with Crippen molar-refractivity contribution in [3.05, 3.63) is 28.8 Å². The average molecular weight is 437 g/mol. The second-order valence-electron chi connectivity index (χ2n) is 7.21. The van der Waals surface area contributed by atoms with Crippen LogP contribution in [0.1, 0.15) is 48.5 Å². The van der Waals surface area contributed by atoms with Crippen molar-refractivity contribution in [2.45, 2.75) is 39.8 Å². The van der Waals surface area contributed by atoms with Crippen molar-refractivity contribution in [1.82, 2.24) is 15.2 Å². The Kier molecular flexibility index (Phi) is 8.01. The van der Waals surface area contributed by atoms with Gasteiger partial charge in [-0.3, -0.25) is 19.8 Å². The van der Waals surface area contributed by atoms with Gasteiger partial charge >= 0.3 is 0 Å². The Hall–Kier alpha value is -2.85. The number of rotatable bonds is 9. The maximum Gasteiger partial charge on any atom is 0.270 e. The van der Waals surface area contributed by atoms with Gasteiger partial charge in [-0.05, 0) is 27.7 Å². The third-order valence-corrected chi connectivity index (χ3v) is 5.24. The zero-order valence-electron chi connectivity index (χ0n) is 17.7. The number of ether oxygens (including phenoxy) is 1. The molecular weight excluding hydrogens is 408 g/mol. The van der Waals surface area contributed by atoms with E-state index < -0.39 is 11.7 Å². The van der Waals surface area contributed by atoms with Crippen LogP contribution in [0.4, 0.5) is 5.13 Å². The summed E-state index contributed by atoms with van der Waals surface area (Å²) in [5.74, 6) is -1.60. The molecule has 0 bridgehead atoms. The fourth-order valence-electron chi connectivity index (χ4n) is 3.00. The molecule has 0 atom stereocenters. The molecule has 0 unspecified atom stereocenters. The summed E-state index contributed by atoms with van der Waals surface area (Å²) >= 11 is 1.09. The number of hydrogen-bond acceptors (Lipinski definition) is 8. The number of thiazole rings is 1. The topological polar surface area (TPSA) is 124 Å². The van der Waals surface area contributed by atoms with Crippen LogP contribution in [0.2, 0.25) is 0 Å². The van der Waals surface area contributed by atoms with E-state index in [0.29, 0.717) is 18.6 Å². The predicted octanol–water partition coefficient (Wildman–Crippen LogP) is 2.66. The van der Waals surface area contributed by atoms with Crippen LogP contribution >= 0.6 is 11.3 Å². The highest BCUT2D eigenvalue weighted by molar-refractivity contribution is 7.14. The summed E-state index contributed by atoms with van der Waals surface area (Å²) in [7, 11) is 1.33. The molecule has 0 spiro atoms. The standard InChI is InChI=1S/C20H28N4O5S/c1-11(2)24(12(3)4)7-6-21-19(28)14-10-30-20(22-14)23-18(27)13-8-17(29-5)16(26)9-15(13)25/h8-12,25-26H,6-7H2,1-5H3,(H,21,28)(H,22,23,27). The Morgan fingerprint density at radius 2 is 1.80 bits per heavy atom. The van der Waals surface area contributed by atoms with Crippen molar-refractivity contribution in [1.29, 1.82) is 0 Å². The van der Waals surface area contributed by atoms with E-state index in [1.165, 1.54) is 13.2 Å². The Morgan fingerprint density at radius 1 is 1.13 bits per heavy atom. The van der Waals surface area contributed by atoms with Crippen molar-refractivity contribution in [3.63, 3.8) is 0 Å². The van der Waals surface area contributed by atoms with Crippen LogP contribution in [0.25, 0.3) is 0 Å². The Morgan fingerprint density at radius 3 is 2.40 bits per heavy atom. The summed E-state index contributed by atoms with van der Waals surface area (Å²) in [6, 6.07) is 2.98. The van der Waals surface area contributed by atoms with Crippen LogP contribution in [-0.4, -0.2) is 64.2 Å². The highest BCUT2D eigenvalue weighted by Crippen LogP contribution is 2.33. The average Bonchev–Trinajstić information content (AvgIpc) is 3.13. The maximum atomic E-state index is 12.4. The van der Waals surface area contributed by atoms with Crippen LogP contribution in [0, 0.1) is 0 Å². The molecule has 2 rings (SSSR count). The molecule has 0 saturated heterocycles. The molecule has 4 N–H and O–H groups in total. The second-order valence-corrected chi connectivity index (χ2v) is 8.07. The zero-order valence-corrected chi connectivity index (χ0v) is 18.5. The molecule has 0 aliphatic carbocycles. The van der Waals surface area contributed by atoms with Crippen molar-refractivity contribution in [3.8, 4) is 17.2 Å².